The minimum Gasteiger partial charge on any atom is -0.508 e. The first kappa shape index (κ1) is 31.9. The van der Waals surface area contributed by atoms with E-state index in [9.17, 15) is 19.5 Å². The number of carbonyl (C=O) groups excluding carboxylic acids is 3. The van der Waals surface area contributed by atoms with Crippen molar-refractivity contribution in [3.05, 3.63) is 77.9 Å². The number of aliphatic imine (C=N–C) groups is 1. The van der Waals surface area contributed by atoms with Crippen LogP contribution in [-0.4, -0.2) is 72.0 Å². The molecular weight excluding hydrogens is 534 g/mol. The number of hydrogen-bond donors (Lipinski definition) is 6. The van der Waals surface area contributed by atoms with E-state index in [1.807, 2.05) is 19.1 Å². The summed E-state index contributed by atoms with van der Waals surface area (Å²) in [7, 11) is 0. The lowest BCUT2D eigenvalue weighted by atomic mass is 10.0. The number of likely N-dealkylation sites (N-methyl/N-ethyl adjacent to an activating group) is 1. The Kier molecular flexibility index (Phi) is 12.1. The largest absolute Gasteiger partial charge is 0.508 e. The Morgan fingerprint density at radius 3 is 2.33 bits per heavy atom. The summed E-state index contributed by atoms with van der Waals surface area (Å²) in [5.41, 5.74) is 18.8. The minimum absolute atomic E-state index is 0.0649. The lowest BCUT2D eigenvalue weighted by molar-refractivity contribution is -0.134. The van der Waals surface area contributed by atoms with E-state index in [4.69, 9.17) is 17.2 Å². The molecule has 0 saturated carbocycles. The zero-order valence-corrected chi connectivity index (χ0v) is 24.0. The Morgan fingerprint density at radius 1 is 0.952 bits per heavy atom. The Hall–Kier alpha value is -4.64. The summed E-state index contributed by atoms with van der Waals surface area (Å²) in [6.45, 7) is 2.97. The zero-order chi connectivity index (χ0) is 30.5. The minimum atomic E-state index is -0.932. The molecule has 9 N–H and O–H groups in total. The highest BCUT2D eigenvalue weighted by Gasteiger charge is 2.25. The van der Waals surface area contributed by atoms with Gasteiger partial charge in [0, 0.05) is 19.6 Å². The fourth-order valence-corrected chi connectivity index (χ4v) is 4.55. The number of aromatic hydroxyl groups is 1. The van der Waals surface area contributed by atoms with Crippen LogP contribution in [0.5, 0.6) is 5.75 Å². The fraction of sp³-hybridized carbons (Fsp3) is 0.355. The van der Waals surface area contributed by atoms with E-state index in [1.54, 1.807) is 17.0 Å². The molecule has 0 bridgehead atoms. The number of nitrogens with two attached hydrogens (primary N) is 3. The van der Waals surface area contributed by atoms with Crippen LogP contribution in [0.15, 0.2) is 71.7 Å². The Labute approximate surface area is 246 Å². The number of phenolic OH excluding ortho intramolecular Hbond substituents is 1. The van der Waals surface area contributed by atoms with Gasteiger partial charge in [-0.25, -0.2) is 0 Å². The number of amides is 3. The third kappa shape index (κ3) is 10.1. The summed E-state index contributed by atoms with van der Waals surface area (Å²) in [6.07, 6.45) is 1.56. The standard InChI is InChI=1S/C31H41N7O4/c1-2-38(17-15-22-9-12-23-6-3-4-7-24(23)18-22)28(40)20-36-30(42)27(8-5-16-35-31(33)34)37-29(41)26(32)19-21-10-13-25(39)14-11-21/h3-4,6-7,9-14,18,26-27,39H,2,5,8,15-17,19-20,32H2,1H3,(H,36,42)(H,37,41)(H4,33,34,35)/t26-,27+/m0/s1. The summed E-state index contributed by atoms with van der Waals surface area (Å²) in [6, 6.07) is 18.9. The molecular formula is C31H41N7O4. The van der Waals surface area contributed by atoms with E-state index in [2.05, 4.69) is 46.0 Å². The number of rotatable bonds is 15. The van der Waals surface area contributed by atoms with E-state index >= 15 is 0 Å². The van der Waals surface area contributed by atoms with Gasteiger partial charge in [-0.15, -0.1) is 0 Å². The molecule has 0 heterocycles. The van der Waals surface area contributed by atoms with Gasteiger partial charge in [-0.1, -0.05) is 54.6 Å². The molecule has 3 aromatic rings. The second kappa shape index (κ2) is 16.0. The first-order valence-corrected chi connectivity index (χ1v) is 14.1. The number of guanidine groups is 1. The normalized spacial score (nSPS) is 12.2. The molecule has 0 saturated heterocycles. The van der Waals surface area contributed by atoms with E-state index in [0.717, 1.165) is 21.9 Å². The molecule has 0 unspecified atom stereocenters. The predicted molar refractivity (Wildman–Crippen MR) is 165 cm³/mol. The van der Waals surface area contributed by atoms with E-state index < -0.39 is 23.9 Å². The highest BCUT2D eigenvalue weighted by molar-refractivity contribution is 5.92. The molecule has 0 spiro atoms. The highest BCUT2D eigenvalue weighted by Crippen LogP contribution is 2.16. The molecule has 0 aliphatic rings. The second-order valence-corrected chi connectivity index (χ2v) is 10.1. The van der Waals surface area contributed by atoms with Gasteiger partial charge in [0.1, 0.15) is 11.8 Å². The van der Waals surface area contributed by atoms with Crippen LogP contribution in [-0.2, 0) is 27.2 Å². The van der Waals surface area contributed by atoms with Crippen LogP contribution < -0.4 is 27.8 Å². The molecule has 224 valence electrons. The van der Waals surface area contributed by atoms with E-state index in [1.165, 1.54) is 12.1 Å². The molecule has 2 atom stereocenters. The van der Waals surface area contributed by atoms with Gasteiger partial charge >= 0.3 is 0 Å². The van der Waals surface area contributed by atoms with Gasteiger partial charge in [-0.2, -0.15) is 0 Å². The van der Waals surface area contributed by atoms with Crippen molar-refractivity contribution in [1.82, 2.24) is 15.5 Å². The van der Waals surface area contributed by atoms with Gasteiger partial charge in [-0.3, -0.25) is 19.4 Å². The molecule has 0 aliphatic carbocycles. The molecule has 0 aromatic heterocycles. The average molecular weight is 576 g/mol. The smallest absolute Gasteiger partial charge is 0.243 e. The molecule has 3 amide bonds. The maximum atomic E-state index is 13.1. The van der Waals surface area contributed by atoms with Crippen LogP contribution in [0.4, 0.5) is 0 Å². The molecule has 3 aromatic carbocycles. The van der Waals surface area contributed by atoms with Crippen LogP contribution in [0, 0.1) is 0 Å². The monoisotopic (exact) mass is 575 g/mol. The molecule has 11 heteroatoms. The van der Waals surface area contributed by atoms with Crippen molar-refractivity contribution < 1.29 is 19.5 Å². The van der Waals surface area contributed by atoms with Crippen molar-refractivity contribution >= 4 is 34.5 Å². The van der Waals surface area contributed by atoms with E-state index in [0.29, 0.717) is 25.9 Å². The topological polar surface area (TPSA) is 189 Å². The molecule has 0 aliphatic heterocycles. The number of nitrogens with one attached hydrogen (secondary N) is 2. The molecule has 0 radical (unpaired) electrons. The van der Waals surface area contributed by atoms with Crippen molar-refractivity contribution in [2.24, 2.45) is 22.2 Å². The van der Waals surface area contributed by atoms with Gasteiger partial charge in [0.25, 0.3) is 0 Å². The van der Waals surface area contributed by atoms with Crippen LogP contribution in [0.1, 0.15) is 30.9 Å². The quantitative estimate of drug-likeness (QED) is 0.0890. The Morgan fingerprint density at radius 2 is 1.64 bits per heavy atom. The summed E-state index contributed by atoms with van der Waals surface area (Å²) in [4.78, 5) is 44.5. The number of phenols is 1. The van der Waals surface area contributed by atoms with Gasteiger partial charge in [-0.05, 0) is 66.6 Å². The van der Waals surface area contributed by atoms with Crippen molar-refractivity contribution in [3.8, 4) is 5.75 Å². The van der Waals surface area contributed by atoms with Crippen LogP contribution in [0.25, 0.3) is 10.8 Å². The van der Waals surface area contributed by atoms with Crippen molar-refractivity contribution in [2.45, 2.75) is 44.7 Å². The summed E-state index contributed by atoms with van der Waals surface area (Å²) in [5.74, 6) is -1.18. The number of hydrogen-bond acceptors (Lipinski definition) is 6. The molecule has 0 fully saturated rings. The third-order valence-electron chi connectivity index (χ3n) is 6.94. The van der Waals surface area contributed by atoms with Crippen molar-refractivity contribution in [3.63, 3.8) is 0 Å². The molecule has 42 heavy (non-hydrogen) atoms. The van der Waals surface area contributed by atoms with Gasteiger partial charge in [0.05, 0.1) is 12.6 Å². The third-order valence-corrected chi connectivity index (χ3v) is 6.94. The van der Waals surface area contributed by atoms with Crippen molar-refractivity contribution in [1.29, 1.82) is 0 Å². The van der Waals surface area contributed by atoms with Gasteiger partial charge < -0.3 is 37.8 Å². The average Bonchev–Trinajstić information content (AvgIpc) is 2.98. The second-order valence-electron chi connectivity index (χ2n) is 10.1. The Bertz CT molecular complexity index is 1370. The lowest BCUT2D eigenvalue weighted by Crippen LogP contribution is -2.53. The van der Waals surface area contributed by atoms with Gasteiger partial charge in [0.15, 0.2) is 5.96 Å². The number of nitrogens with zero attached hydrogens (tertiary/aromatic N) is 2. The zero-order valence-electron chi connectivity index (χ0n) is 24.0. The maximum Gasteiger partial charge on any atom is 0.243 e. The fourth-order valence-electron chi connectivity index (χ4n) is 4.55. The SMILES string of the molecule is CCN(CCc1ccc2ccccc2c1)C(=O)CNC(=O)[C@@H](CCCN=C(N)N)NC(=O)[C@@H](N)Cc1ccc(O)cc1. The highest BCUT2D eigenvalue weighted by atomic mass is 16.3. The number of carbonyl (C=O) groups is 3. The molecule has 3 rings (SSSR count). The summed E-state index contributed by atoms with van der Waals surface area (Å²) >= 11 is 0. The maximum absolute atomic E-state index is 13.1. The predicted octanol–water partition coefficient (Wildman–Crippen LogP) is 1.16. The van der Waals surface area contributed by atoms with E-state index in [-0.39, 0.29) is 43.5 Å². The summed E-state index contributed by atoms with van der Waals surface area (Å²) in [5, 5.41) is 17.1. The Balaban J connectivity index is 1.56. The van der Waals surface area contributed by atoms with Crippen LogP contribution in [0.2, 0.25) is 0 Å². The lowest BCUT2D eigenvalue weighted by Gasteiger charge is -2.23. The van der Waals surface area contributed by atoms with Crippen LogP contribution >= 0.6 is 0 Å². The number of fused-ring (bicyclic) bond motifs is 1. The van der Waals surface area contributed by atoms with Crippen molar-refractivity contribution in [2.75, 3.05) is 26.2 Å². The van der Waals surface area contributed by atoms with Gasteiger partial charge in [0.2, 0.25) is 17.7 Å². The number of benzene rings is 3. The molecule has 11 nitrogen and oxygen atoms in total. The summed E-state index contributed by atoms with van der Waals surface area (Å²) < 4.78 is 0. The first-order valence-electron chi connectivity index (χ1n) is 14.1. The van der Waals surface area contributed by atoms with Crippen LogP contribution in [0.3, 0.4) is 0 Å². The first-order chi connectivity index (χ1) is 20.2.